The Morgan fingerprint density at radius 3 is 2.50 bits per heavy atom. The van der Waals surface area contributed by atoms with Gasteiger partial charge >= 0.3 is 0 Å². The van der Waals surface area contributed by atoms with Gasteiger partial charge in [-0.05, 0) is 19.8 Å². The summed E-state index contributed by atoms with van der Waals surface area (Å²) in [7, 11) is 0. The van der Waals surface area contributed by atoms with Gasteiger partial charge in [-0.3, -0.25) is 0 Å². The molecule has 0 spiro atoms. The third kappa shape index (κ3) is 4.87. The summed E-state index contributed by atoms with van der Waals surface area (Å²) in [5.74, 6) is 2.33. The summed E-state index contributed by atoms with van der Waals surface area (Å²) in [4.78, 5) is 8.44. The molecule has 1 aromatic heterocycles. The van der Waals surface area contributed by atoms with Crippen molar-refractivity contribution in [3.05, 3.63) is 11.9 Å². The quantitative estimate of drug-likeness (QED) is 0.695. The lowest BCUT2D eigenvalue weighted by molar-refractivity contribution is 0.118. The van der Waals surface area contributed by atoms with E-state index in [1.54, 1.807) is 6.33 Å². The lowest BCUT2D eigenvalue weighted by Crippen LogP contribution is -2.14. The van der Waals surface area contributed by atoms with Crippen molar-refractivity contribution in [3.63, 3.8) is 0 Å². The molecular formula is C13H24N4O. The first-order valence-corrected chi connectivity index (χ1v) is 6.52. The standard InChI is InChI=1S/C13H24N4O/c1-5-14-12-11(4)13(17-9-16-12)15-6-7-18-8-10(2)3/h9-10H,5-8H2,1-4H3,(H2,14,15,16,17). The van der Waals surface area contributed by atoms with Gasteiger partial charge in [0.05, 0.1) is 6.61 Å². The summed E-state index contributed by atoms with van der Waals surface area (Å²) < 4.78 is 5.51. The number of nitrogens with one attached hydrogen (secondary N) is 2. The highest BCUT2D eigenvalue weighted by atomic mass is 16.5. The summed E-state index contributed by atoms with van der Waals surface area (Å²) in [5, 5.41) is 6.48. The van der Waals surface area contributed by atoms with Gasteiger partial charge in [-0.25, -0.2) is 9.97 Å². The van der Waals surface area contributed by atoms with Gasteiger partial charge in [-0.15, -0.1) is 0 Å². The number of hydrogen-bond acceptors (Lipinski definition) is 5. The zero-order valence-corrected chi connectivity index (χ0v) is 11.8. The predicted molar refractivity (Wildman–Crippen MR) is 75.1 cm³/mol. The Morgan fingerprint density at radius 2 is 1.89 bits per heavy atom. The molecule has 0 unspecified atom stereocenters. The second-order valence-corrected chi connectivity index (χ2v) is 4.62. The predicted octanol–water partition coefficient (Wildman–Crippen LogP) is 2.30. The van der Waals surface area contributed by atoms with E-state index in [0.29, 0.717) is 12.5 Å². The van der Waals surface area contributed by atoms with Gasteiger partial charge in [-0.2, -0.15) is 0 Å². The van der Waals surface area contributed by atoms with Crippen LogP contribution in [-0.4, -0.2) is 36.3 Å². The minimum absolute atomic E-state index is 0.575. The lowest BCUT2D eigenvalue weighted by Gasteiger charge is -2.12. The zero-order valence-electron chi connectivity index (χ0n) is 11.8. The minimum atomic E-state index is 0.575. The molecule has 102 valence electrons. The van der Waals surface area contributed by atoms with Gasteiger partial charge in [0.25, 0.3) is 0 Å². The van der Waals surface area contributed by atoms with Gasteiger partial charge in [0.15, 0.2) is 0 Å². The van der Waals surface area contributed by atoms with Gasteiger partial charge < -0.3 is 15.4 Å². The molecule has 0 aliphatic carbocycles. The number of rotatable bonds is 8. The van der Waals surface area contributed by atoms with Crippen LogP contribution in [-0.2, 0) is 4.74 Å². The van der Waals surface area contributed by atoms with Crippen LogP contribution in [0.15, 0.2) is 6.33 Å². The molecule has 0 saturated carbocycles. The molecule has 5 nitrogen and oxygen atoms in total. The maximum Gasteiger partial charge on any atom is 0.134 e. The Kier molecular flexibility index (Phi) is 6.43. The fourth-order valence-electron chi connectivity index (χ4n) is 1.53. The van der Waals surface area contributed by atoms with E-state index in [4.69, 9.17) is 4.74 Å². The third-order valence-electron chi connectivity index (χ3n) is 2.42. The van der Waals surface area contributed by atoms with Crippen molar-refractivity contribution in [2.45, 2.75) is 27.7 Å². The van der Waals surface area contributed by atoms with Crippen LogP contribution in [0.3, 0.4) is 0 Å². The Labute approximate surface area is 109 Å². The summed E-state index contributed by atoms with van der Waals surface area (Å²) in [6.45, 7) is 11.5. The van der Waals surface area contributed by atoms with Gasteiger partial charge in [-0.1, -0.05) is 13.8 Å². The SMILES string of the molecule is CCNc1ncnc(NCCOCC(C)C)c1C. The van der Waals surface area contributed by atoms with E-state index in [2.05, 4.69) is 41.4 Å². The molecule has 2 N–H and O–H groups in total. The molecule has 0 fully saturated rings. The van der Waals surface area contributed by atoms with Crippen molar-refractivity contribution in [1.82, 2.24) is 9.97 Å². The molecule has 5 heteroatoms. The highest BCUT2D eigenvalue weighted by Crippen LogP contribution is 2.17. The fraction of sp³-hybridized carbons (Fsp3) is 0.692. The van der Waals surface area contributed by atoms with E-state index in [1.165, 1.54) is 0 Å². The molecule has 0 radical (unpaired) electrons. The molecule has 1 aromatic rings. The molecular weight excluding hydrogens is 228 g/mol. The first-order chi connectivity index (χ1) is 8.65. The van der Waals surface area contributed by atoms with Crippen LogP contribution in [0.5, 0.6) is 0 Å². The number of hydrogen-bond donors (Lipinski definition) is 2. The number of anilines is 2. The highest BCUT2D eigenvalue weighted by Gasteiger charge is 2.05. The van der Waals surface area contributed by atoms with Crippen LogP contribution in [0.4, 0.5) is 11.6 Å². The molecule has 0 saturated heterocycles. The molecule has 0 aliphatic rings. The lowest BCUT2D eigenvalue weighted by atomic mass is 10.2. The largest absolute Gasteiger partial charge is 0.379 e. The van der Waals surface area contributed by atoms with Crippen LogP contribution in [0.25, 0.3) is 0 Å². The number of aromatic nitrogens is 2. The van der Waals surface area contributed by atoms with Crippen molar-refractivity contribution >= 4 is 11.6 Å². The number of nitrogens with zero attached hydrogens (tertiary/aromatic N) is 2. The van der Waals surface area contributed by atoms with Crippen LogP contribution in [0.1, 0.15) is 26.3 Å². The molecule has 1 rings (SSSR count). The zero-order chi connectivity index (χ0) is 13.4. The third-order valence-corrected chi connectivity index (χ3v) is 2.42. The number of ether oxygens (including phenoxy) is 1. The summed E-state index contributed by atoms with van der Waals surface area (Å²) in [6.07, 6.45) is 1.57. The van der Waals surface area contributed by atoms with Crippen molar-refractivity contribution in [2.75, 3.05) is 36.9 Å². The summed E-state index contributed by atoms with van der Waals surface area (Å²) in [5.41, 5.74) is 1.04. The topological polar surface area (TPSA) is 59.1 Å². The van der Waals surface area contributed by atoms with Crippen molar-refractivity contribution < 1.29 is 4.74 Å². The maximum atomic E-state index is 5.51. The van der Waals surface area contributed by atoms with Crippen molar-refractivity contribution in [2.24, 2.45) is 5.92 Å². The Morgan fingerprint density at radius 1 is 1.22 bits per heavy atom. The molecule has 0 amide bonds. The second-order valence-electron chi connectivity index (χ2n) is 4.62. The molecule has 0 atom stereocenters. The smallest absolute Gasteiger partial charge is 0.134 e. The first-order valence-electron chi connectivity index (χ1n) is 6.52. The Hall–Kier alpha value is -1.36. The minimum Gasteiger partial charge on any atom is -0.379 e. The van der Waals surface area contributed by atoms with Crippen LogP contribution in [0, 0.1) is 12.8 Å². The Balaban J connectivity index is 2.40. The van der Waals surface area contributed by atoms with E-state index in [0.717, 1.165) is 36.9 Å². The van der Waals surface area contributed by atoms with Gasteiger partial charge in [0.2, 0.25) is 0 Å². The van der Waals surface area contributed by atoms with E-state index in [1.807, 2.05) is 6.92 Å². The van der Waals surface area contributed by atoms with Crippen molar-refractivity contribution in [3.8, 4) is 0 Å². The van der Waals surface area contributed by atoms with Crippen LogP contribution >= 0.6 is 0 Å². The van der Waals surface area contributed by atoms with E-state index in [-0.39, 0.29) is 0 Å². The monoisotopic (exact) mass is 252 g/mol. The van der Waals surface area contributed by atoms with E-state index in [9.17, 15) is 0 Å². The molecule has 0 bridgehead atoms. The molecule has 18 heavy (non-hydrogen) atoms. The van der Waals surface area contributed by atoms with Crippen LogP contribution in [0.2, 0.25) is 0 Å². The Bertz CT molecular complexity index is 355. The van der Waals surface area contributed by atoms with E-state index < -0.39 is 0 Å². The molecule has 1 heterocycles. The van der Waals surface area contributed by atoms with Gasteiger partial charge in [0.1, 0.15) is 18.0 Å². The fourth-order valence-corrected chi connectivity index (χ4v) is 1.53. The summed E-state index contributed by atoms with van der Waals surface area (Å²) >= 11 is 0. The van der Waals surface area contributed by atoms with Crippen molar-refractivity contribution in [1.29, 1.82) is 0 Å². The van der Waals surface area contributed by atoms with Crippen LogP contribution < -0.4 is 10.6 Å². The average molecular weight is 252 g/mol. The molecule has 0 aliphatic heterocycles. The maximum absolute atomic E-state index is 5.51. The molecule has 0 aromatic carbocycles. The first kappa shape index (κ1) is 14.7. The normalized spacial score (nSPS) is 10.7. The summed E-state index contributed by atoms with van der Waals surface area (Å²) in [6, 6.07) is 0. The van der Waals surface area contributed by atoms with E-state index >= 15 is 0 Å². The second kappa shape index (κ2) is 7.87. The average Bonchev–Trinajstić information content (AvgIpc) is 2.33. The highest BCUT2D eigenvalue weighted by molar-refractivity contribution is 5.56. The van der Waals surface area contributed by atoms with Gasteiger partial charge in [0, 0.05) is 25.3 Å².